The molecular formula is C13H23N5. The van der Waals surface area contributed by atoms with Gasteiger partial charge in [0.2, 0.25) is 0 Å². The van der Waals surface area contributed by atoms with Crippen LogP contribution in [0.4, 0.5) is 5.69 Å². The predicted octanol–water partition coefficient (Wildman–Crippen LogP) is 0.635. The van der Waals surface area contributed by atoms with Crippen LogP contribution in [0.3, 0.4) is 0 Å². The maximum Gasteiger partial charge on any atom is 0.0719 e. The number of aromatic nitrogens is 2. The number of nitrogen functional groups attached to an aromatic ring is 1. The highest BCUT2D eigenvalue weighted by atomic mass is 15.3. The molecule has 2 fully saturated rings. The van der Waals surface area contributed by atoms with Crippen molar-refractivity contribution >= 4 is 5.69 Å². The number of piperidine rings is 1. The molecule has 1 aromatic heterocycles. The standard InChI is InChI=1S/C13H23N5/c14-12-9-15-18(10-12)8-6-16-5-7-17-4-2-1-3-13(17)11-16/h9-10,13H,1-8,11,14H2. The monoisotopic (exact) mass is 249 g/mol. The van der Waals surface area contributed by atoms with Crippen molar-refractivity contribution < 1.29 is 0 Å². The molecule has 5 heteroatoms. The maximum atomic E-state index is 5.67. The summed E-state index contributed by atoms with van der Waals surface area (Å²) < 4.78 is 1.95. The largest absolute Gasteiger partial charge is 0.396 e. The van der Waals surface area contributed by atoms with E-state index in [-0.39, 0.29) is 0 Å². The fraction of sp³-hybridized carbons (Fsp3) is 0.769. The second kappa shape index (κ2) is 5.28. The van der Waals surface area contributed by atoms with Crippen molar-refractivity contribution in [2.45, 2.75) is 31.8 Å². The Morgan fingerprint density at radius 1 is 1.22 bits per heavy atom. The van der Waals surface area contributed by atoms with E-state index in [0.717, 1.165) is 24.8 Å². The van der Waals surface area contributed by atoms with E-state index in [1.54, 1.807) is 6.20 Å². The zero-order valence-corrected chi connectivity index (χ0v) is 11.0. The van der Waals surface area contributed by atoms with Crippen molar-refractivity contribution in [3.05, 3.63) is 12.4 Å². The quantitative estimate of drug-likeness (QED) is 0.854. The summed E-state index contributed by atoms with van der Waals surface area (Å²) in [5.41, 5.74) is 6.43. The van der Waals surface area contributed by atoms with Crippen LogP contribution in [0.5, 0.6) is 0 Å². The van der Waals surface area contributed by atoms with E-state index in [9.17, 15) is 0 Å². The van der Waals surface area contributed by atoms with E-state index in [1.807, 2.05) is 10.9 Å². The van der Waals surface area contributed by atoms with Gasteiger partial charge in [0.15, 0.2) is 0 Å². The van der Waals surface area contributed by atoms with Gasteiger partial charge in [0.05, 0.1) is 18.4 Å². The van der Waals surface area contributed by atoms with Gasteiger partial charge in [0.25, 0.3) is 0 Å². The third-order valence-corrected chi connectivity index (χ3v) is 4.22. The fourth-order valence-electron chi connectivity index (χ4n) is 3.17. The Morgan fingerprint density at radius 3 is 3.00 bits per heavy atom. The van der Waals surface area contributed by atoms with Gasteiger partial charge in [-0.3, -0.25) is 14.5 Å². The van der Waals surface area contributed by atoms with Gasteiger partial charge in [-0.25, -0.2) is 0 Å². The SMILES string of the molecule is Nc1cnn(CCN2CCN3CCCCC3C2)c1. The summed E-state index contributed by atoms with van der Waals surface area (Å²) in [5, 5.41) is 4.24. The van der Waals surface area contributed by atoms with Crippen LogP contribution in [0.1, 0.15) is 19.3 Å². The molecule has 0 saturated carbocycles. The molecule has 0 amide bonds. The summed E-state index contributed by atoms with van der Waals surface area (Å²) >= 11 is 0. The topological polar surface area (TPSA) is 50.3 Å². The van der Waals surface area contributed by atoms with E-state index in [4.69, 9.17) is 5.73 Å². The minimum atomic E-state index is 0.757. The van der Waals surface area contributed by atoms with Crippen molar-refractivity contribution in [2.24, 2.45) is 0 Å². The molecule has 1 unspecified atom stereocenters. The van der Waals surface area contributed by atoms with Crippen LogP contribution in [-0.4, -0.2) is 58.3 Å². The lowest BCUT2D eigenvalue weighted by Crippen LogP contribution is -2.55. The summed E-state index contributed by atoms with van der Waals surface area (Å²) in [6.07, 6.45) is 7.81. The van der Waals surface area contributed by atoms with Crippen molar-refractivity contribution in [3.8, 4) is 0 Å². The Bertz CT molecular complexity index is 388. The molecule has 100 valence electrons. The van der Waals surface area contributed by atoms with E-state index in [2.05, 4.69) is 14.9 Å². The Balaban J connectivity index is 1.49. The van der Waals surface area contributed by atoms with Crippen LogP contribution >= 0.6 is 0 Å². The summed E-state index contributed by atoms with van der Waals surface area (Å²) in [4.78, 5) is 5.25. The molecule has 3 rings (SSSR count). The number of nitrogens with two attached hydrogens (primary N) is 1. The highest BCUT2D eigenvalue weighted by molar-refractivity contribution is 5.30. The lowest BCUT2D eigenvalue weighted by atomic mass is 9.99. The van der Waals surface area contributed by atoms with E-state index < -0.39 is 0 Å². The number of fused-ring (bicyclic) bond motifs is 1. The molecule has 18 heavy (non-hydrogen) atoms. The molecule has 2 aliphatic rings. The van der Waals surface area contributed by atoms with Gasteiger partial charge in [-0.15, -0.1) is 0 Å². The third-order valence-electron chi connectivity index (χ3n) is 4.22. The van der Waals surface area contributed by atoms with Gasteiger partial charge in [0.1, 0.15) is 0 Å². The number of rotatable bonds is 3. The van der Waals surface area contributed by atoms with Crippen LogP contribution in [-0.2, 0) is 6.54 Å². The van der Waals surface area contributed by atoms with Gasteiger partial charge >= 0.3 is 0 Å². The number of anilines is 1. The lowest BCUT2D eigenvalue weighted by molar-refractivity contribution is 0.0474. The van der Waals surface area contributed by atoms with Gasteiger partial charge in [-0.2, -0.15) is 5.10 Å². The minimum Gasteiger partial charge on any atom is -0.396 e. The van der Waals surface area contributed by atoms with Gasteiger partial charge in [-0.05, 0) is 19.4 Å². The average molecular weight is 249 g/mol. The number of hydrogen-bond donors (Lipinski definition) is 1. The average Bonchev–Trinajstić information content (AvgIpc) is 2.82. The highest BCUT2D eigenvalue weighted by Gasteiger charge is 2.28. The zero-order chi connectivity index (χ0) is 12.4. The second-order valence-electron chi connectivity index (χ2n) is 5.52. The third kappa shape index (κ3) is 2.67. The second-order valence-corrected chi connectivity index (χ2v) is 5.52. The fourth-order valence-corrected chi connectivity index (χ4v) is 3.17. The first-order valence-corrected chi connectivity index (χ1v) is 7.05. The van der Waals surface area contributed by atoms with Gasteiger partial charge < -0.3 is 5.73 Å². The molecule has 5 nitrogen and oxygen atoms in total. The summed E-state index contributed by atoms with van der Waals surface area (Å²) in [7, 11) is 0. The number of piperazine rings is 1. The Hall–Kier alpha value is -1.07. The van der Waals surface area contributed by atoms with Crippen LogP contribution in [0.25, 0.3) is 0 Å². The summed E-state index contributed by atoms with van der Waals surface area (Å²) in [5.74, 6) is 0. The molecule has 1 atom stereocenters. The van der Waals surface area contributed by atoms with Crippen molar-refractivity contribution in [1.82, 2.24) is 19.6 Å². The Morgan fingerprint density at radius 2 is 2.17 bits per heavy atom. The molecule has 0 aromatic carbocycles. The van der Waals surface area contributed by atoms with Crippen molar-refractivity contribution in [1.29, 1.82) is 0 Å². The van der Waals surface area contributed by atoms with Crippen LogP contribution < -0.4 is 5.73 Å². The molecule has 0 aliphatic carbocycles. The molecule has 2 aliphatic heterocycles. The van der Waals surface area contributed by atoms with E-state index >= 15 is 0 Å². The summed E-state index contributed by atoms with van der Waals surface area (Å²) in [6, 6.07) is 0.801. The molecular weight excluding hydrogens is 226 g/mol. The summed E-state index contributed by atoms with van der Waals surface area (Å²) in [6.45, 7) is 7.03. The maximum absolute atomic E-state index is 5.67. The Labute approximate surface area is 109 Å². The molecule has 0 spiro atoms. The van der Waals surface area contributed by atoms with Crippen molar-refractivity contribution in [2.75, 3.05) is 38.5 Å². The van der Waals surface area contributed by atoms with Crippen LogP contribution in [0.15, 0.2) is 12.4 Å². The molecule has 3 heterocycles. The smallest absolute Gasteiger partial charge is 0.0719 e. The first-order chi connectivity index (χ1) is 8.81. The lowest BCUT2D eigenvalue weighted by Gasteiger charge is -2.44. The first kappa shape index (κ1) is 12.0. The number of hydrogen-bond acceptors (Lipinski definition) is 4. The van der Waals surface area contributed by atoms with E-state index in [0.29, 0.717) is 0 Å². The number of nitrogens with zero attached hydrogens (tertiary/aromatic N) is 4. The van der Waals surface area contributed by atoms with Gasteiger partial charge in [0, 0.05) is 38.4 Å². The molecule has 2 saturated heterocycles. The molecule has 1 aromatic rings. The Kier molecular flexibility index (Phi) is 3.52. The van der Waals surface area contributed by atoms with Crippen LogP contribution in [0, 0.1) is 0 Å². The molecule has 0 radical (unpaired) electrons. The van der Waals surface area contributed by atoms with E-state index in [1.165, 1.54) is 45.4 Å². The first-order valence-electron chi connectivity index (χ1n) is 7.05. The minimum absolute atomic E-state index is 0.757. The predicted molar refractivity (Wildman–Crippen MR) is 72.3 cm³/mol. The highest BCUT2D eigenvalue weighted by Crippen LogP contribution is 2.20. The van der Waals surface area contributed by atoms with Crippen molar-refractivity contribution in [3.63, 3.8) is 0 Å². The molecule has 2 N–H and O–H groups in total. The zero-order valence-electron chi connectivity index (χ0n) is 11.0. The molecule has 0 bridgehead atoms. The van der Waals surface area contributed by atoms with Crippen LogP contribution in [0.2, 0.25) is 0 Å². The van der Waals surface area contributed by atoms with Gasteiger partial charge in [-0.1, -0.05) is 6.42 Å². The normalized spacial score (nSPS) is 26.1.